The highest BCUT2D eigenvalue weighted by Crippen LogP contribution is 2.32. The molecule has 3 aromatic rings. The highest BCUT2D eigenvalue weighted by molar-refractivity contribution is 5.94. The van der Waals surface area contributed by atoms with Crippen molar-refractivity contribution in [1.82, 2.24) is 19.2 Å². The lowest BCUT2D eigenvalue weighted by Gasteiger charge is -2.37. The highest BCUT2D eigenvalue weighted by atomic mass is 16.7. The molecule has 2 saturated heterocycles. The Kier molecular flexibility index (Phi) is 4.95. The third kappa shape index (κ3) is 3.58. The van der Waals surface area contributed by atoms with Gasteiger partial charge in [-0.05, 0) is 43.7 Å². The molecule has 2 aliphatic rings. The Morgan fingerprint density at radius 1 is 1.06 bits per heavy atom. The maximum absolute atomic E-state index is 13.6. The predicted octanol–water partition coefficient (Wildman–Crippen LogP) is 3.47. The van der Waals surface area contributed by atoms with Gasteiger partial charge in [0.05, 0.1) is 24.6 Å². The summed E-state index contributed by atoms with van der Waals surface area (Å²) in [4.78, 5) is 15.5. The first-order valence-electron chi connectivity index (χ1n) is 10.8. The van der Waals surface area contributed by atoms with Gasteiger partial charge in [-0.3, -0.25) is 4.79 Å². The van der Waals surface area contributed by atoms with E-state index in [0.717, 1.165) is 22.6 Å². The van der Waals surface area contributed by atoms with E-state index in [4.69, 9.17) is 14.6 Å². The number of amides is 1. The van der Waals surface area contributed by atoms with Crippen LogP contribution in [0, 0.1) is 13.8 Å². The molecule has 2 aliphatic heterocycles. The van der Waals surface area contributed by atoms with Gasteiger partial charge in [-0.1, -0.05) is 17.7 Å². The molecular weight excluding hydrogens is 392 g/mol. The van der Waals surface area contributed by atoms with Crippen molar-refractivity contribution in [2.24, 2.45) is 7.05 Å². The zero-order valence-corrected chi connectivity index (χ0v) is 18.3. The van der Waals surface area contributed by atoms with Crippen molar-refractivity contribution < 1.29 is 14.3 Å². The van der Waals surface area contributed by atoms with E-state index in [-0.39, 0.29) is 5.91 Å². The zero-order valence-electron chi connectivity index (χ0n) is 18.3. The van der Waals surface area contributed by atoms with Crippen molar-refractivity contribution >= 4 is 5.91 Å². The van der Waals surface area contributed by atoms with E-state index >= 15 is 0 Å². The zero-order chi connectivity index (χ0) is 21.6. The Hall–Kier alpha value is -2.90. The molecule has 0 radical (unpaired) electrons. The Labute approximate surface area is 182 Å². The van der Waals surface area contributed by atoms with E-state index in [9.17, 15) is 4.79 Å². The van der Waals surface area contributed by atoms with E-state index in [1.165, 1.54) is 5.56 Å². The lowest BCUT2D eigenvalue weighted by Crippen LogP contribution is -2.47. The molecule has 0 N–H and O–H groups in total. The second-order valence-electron chi connectivity index (χ2n) is 8.52. The van der Waals surface area contributed by atoms with Crippen LogP contribution in [0.3, 0.4) is 0 Å². The van der Waals surface area contributed by atoms with Crippen LogP contribution in [0.25, 0.3) is 17.1 Å². The minimum absolute atomic E-state index is 0.0132. The van der Waals surface area contributed by atoms with Gasteiger partial charge in [0, 0.05) is 39.2 Å². The maximum atomic E-state index is 13.6. The average Bonchev–Trinajstić information content (AvgIpc) is 3.48. The number of hydrogen-bond acceptors (Lipinski definition) is 4. The number of carbonyl (C=O) groups excluding carboxylic acids is 1. The second kappa shape index (κ2) is 7.66. The topological polar surface area (TPSA) is 61.5 Å². The molecule has 0 unspecified atom stereocenters. The number of ether oxygens (including phenoxy) is 2. The number of hydrogen-bond donors (Lipinski definition) is 0. The van der Waals surface area contributed by atoms with Crippen molar-refractivity contribution in [1.29, 1.82) is 0 Å². The summed E-state index contributed by atoms with van der Waals surface area (Å²) >= 11 is 0. The number of aromatic nitrogens is 3. The molecule has 0 saturated carbocycles. The first-order chi connectivity index (χ1) is 15.0. The predicted molar refractivity (Wildman–Crippen MR) is 117 cm³/mol. The second-order valence-corrected chi connectivity index (χ2v) is 8.52. The van der Waals surface area contributed by atoms with Gasteiger partial charge in [-0.2, -0.15) is 5.10 Å². The normalized spacial score (nSPS) is 18.1. The molecule has 0 aliphatic carbocycles. The van der Waals surface area contributed by atoms with Gasteiger partial charge in [0.1, 0.15) is 11.4 Å². The standard InChI is InChI=1S/C24H28N4O3/c1-17-6-7-20(18(2)15-17)28-22(16-19(25-28)21-5-4-10-26(21)3)23(29)27-11-8-24(9-12-27)30-13-14-31-24/h4-7,10,15-16H,8-9,11-14H2,1-3H3. The van der Waals surface area contributed by atoms with Gasteiger partial charge in [0.25, 0.3) is 5.91 Å². The molecule has 31 heavy (non-hydrogen) atoms. The molecule has 2 fully saturated rings. The Morgan fingerprint density at radius 3 is 2.45 bits per heavy atom. The summed E-state index contributed by atoms with van der Waals surface area (Å²) in [5.41, 5.74) is 5.52. The molecule has 1 amide bonds. The fourth-order valence-electron chi connectivity index (χ4n) is 4.61. The molecule has 1 aromatic carbocycles. The molecule has 7 heteroatoms. The highest BCUT2D eigenvalue weighted by Gasteiger charge is 2.41. The summed E-state index contributed by atoms with van der Waals surface area (Å²) in [5, 5.41) is 4.86. The van der Waals surface area contributed by atoms with E-state index < -0.39 is 5.79 Å². The molecule has 162 valence electrons. The van der Waals surface area contributed by atoms with Gasteiger partial charge in [-0.15, -0.1) is 0 Å². The Morgan fingerprint density at radius 2 is 1.81 bits per heavy atom. The number of benzene rings is 1. The van der Waals surface area contributed by atoms with Crippen LogP contribution >= 0.6 is 0 Å². The summed E-state index contributed by atoms with van der Waals surface area (Å²) in [6.45, 7) is 6.60. The third-order valence-electron chi connectivity index (χ3n) is 6.34. The molecule has 2 aromatic heterocycles. The number of likely N-dealkylation sites (tertiary alicyclic amines) is 1. The molecule has 0 bridgehead atoms. The molecule has 7 nitrogen and oxygen atoms in total. The van der Waals surface area contributed by atoms with E-state index in [2.05, 4.69) is 26.0 Å². The van der Waals surface area contributed by atoms with Gasteiger partial charge in [0.15, 0.2) is 5.79 Å². The monoisotopic (exact) mass is 420 g/mol. The molecule has 5 rings (SSSR count). The molecule has 1 spiro atoms. The summed E-state index contributed by atoms with van der Waals surface area (Å²) in [6, 6.07) is 12.1. The SMILES string of the molecule is Cc1ccc(-n2nc(-c3cccn3C)cc2C(=O)N2CCC3(CC2)OCCO3)c(C)c1. The molecular formula is C24H28N4O3. The van der Waals surface area contributed by atoms with Crippen LogP contribution in [0.15, 0.2) is 42.6 Å². The number of aryl methyl sites for hydroxylation is 3. The van der Waals surface area contributed by atoms with Gasteiger partial charge < -0.3 is 18.9 Å². The lowest BCUT2D eigenvalue weighted by atomic mass is 10.0. The third-order valence-corrected chi connectivity index (χ3v) is 6.34. The first kappa shape index (κ1) is 20.0. The number of rotatable bonds is 3. The van der Waals surface area contributed by atoms with Crippen LogP contribution in [0.5, 0.6) is 0 Å². The van der Waals surface area contributed by atoms with Crippen LogP contribution in [0.4, 0.5) is 0 Å². The fraction of sp³-hybridized carbons (Fsp3) is 0.417. The number of carbonyl (C=O) groups is 1. The van der Waals surface area contributed by atoms with Crippen molar-refractivity contribution in [3.8, 4) is 17.1 Å². The largest absolute Gasteiger partial charge is 0.349 e. The van der Waals surface area contributed by atoms with E-state index in [1.807, 2.05) is 47.0 Å². The van der Waals surface area contributed by atoms with Crippen LogP contribution in [0.1, 0.15) is 34.5 Å². The summed E-state index contributed by atoms with van der Waals surface area (Å²) < 4.78 is 15.5. The smallest absolute Gasteiger partial charge is 0.272 e. The van der Waals surface area contributed by atoms with E-state index in [0.29, 0.717) is 44.8 Å². The quantitative estimate of drug-likeness (QED) is 0.651. The van der Waals surface area contributed by atoms with Crippen molar-refractivity contribution in [2.75, 3.05) is 26.3 Å². The minimum Gasteiger partial charge on any atom is -0.349 e. The van der Waals surface area contributed by atoms with Gasteiger partial charge in [-0.25, -0.2) is 4.68 Å². The van der Waals surface area contributed by atoms with Crippen molar-refractivity contribution in [3.63, 3.8) is 0 Å². The molecule has 4 heterocycles. The van der Waals surface area contributed by atoms with Gasteiger partial charge in [0.2, 0.25) is 0 Å². The van der Waals surface area contributed by atoms with Crippen LogP contribution in [0.2, 0.25) is 0 Å². The minimum atomic E-state index is -0.501. The Balaban J connectivity index is 1.51. The van der Waals surface area contributed by atoms with Crippen LogP contribution < -0.4 is 0 Å². The maximum Gasteiger partial charge on any atom is 0.272 e. The number of piperidine rings is 1. The lowest BCUT2D eigenvalue weighted by molar-refractivity contribution is -0.181. The van der Waals surface area contributed by atoms with Crippen molar-refractivity contribution in [3.05, 3.63) is 59.4 Å². The first-order valence-corrected chi connectivity index (χ1v) is 10.8. The number of nitrogens with zero attached hydrogens (tertiary/aromatic N) is 4. The Bertz CT molecular complexity index is 1110. The van der Waals surface area contributed by atoms with Crippen molar-refractivity contribution in [2.45, 2.75) is 32.5 Å². The van der Waals surface area contributed by atoms with Crippen LogP contribution in [-0.4, -0.2) is 57.2 Å². The van der Waals surface area contributed by atoms with E-state index in [1.54, 1.807) is 4.68 Å². The summed E-state index contributed by atoms with van der Waals surface area (Å²) in [6.07, 6.45) is 3.38. The van der Waals surface area contributed by atoms with Crippen LogP contribution in [-0.2, 0) is 16.5 Å². The molecule has 0 atom stereocenters. The summed E-state index contributed by atoms with van der Waals surface area (Å²) in [7, 11) is 1.98. The average molecular weight is 421 g/mol. The fourth-order valence-corrected chi connectivity index (χ4v) is 4.61. The van der Waals surface area contributed by atoms with Gasteiger partial charge >= 0.3 is 0 Å². The summed E-state index contributed by atoms with van der Waals surface area (Å²) in [5.74, 6) is -0.514.